The Hall–Kier alpha value is -1.31. The Morgan fingerprint density at radius 2 is 2.11 bits per heavy atom. The van der Waals surface area contributed by atoms with Crippen molar-refractivity contribution in [3.05, 3.63) is 35.8 Å². The van der Waals surface area contributed by atoms with E-state index in [1.807, 2.05) is 0 Å². The molecule has 1 aromatic carbocycles. The Kier molecular flexibility index (Phi) is 0.939. The molecule has 0 aromatic heterocycles. The molecule has 46 valence electrons. The third-order valence-corrected chi connectivity index (χ3v) is 0.891. The Morgan fingerprint density at radius 3 is 2.56 bits per heavy atom. The normalized spacial score (nSPS) is 12.0. The molecule has 9 heavy (non-hydrogen) atoms. The summed E-state index contributed by atoms with van der Waals surface area (Å²) in [6.07, 6.45) is 0. The molecule has 1 N–H and O–H groups in total. The Labute approximate surface area is 55.6 Å². The molecule has 0 aliphatic carbocycles. The molecule has 0 saturated heterocycles. The van der Waals surface area contributed by atoms with E-state index in [2.05, 4.69) is 0 Å². The summed E-state index contributed by atoms with van der Waals surface area (Å²) < 4.78 is 14.2. The van der Waals surface area contributed by atoms with Crippen LogP contribution in [0.5, 0.6) is 0 Å². The van der Waals surface area contributed by atoms with Gasteiger partial charge >= 0.3 is 5.97 Å². The van der Waals surface area contributed by atoms with Crippen LogP contribution in [-0.4, -0.2) is 11.1 Å². The molecule has 1 aromatic rings. The molecule has 0 aliphatic rings. The minimum Gasteiger partial charge on any atom is -0.478 e. The summed E-state index contributed by atoms with van der Waals surface area (Å²) in [5, 5.41) is 8.47. The van der Waals surface area contributed by atoms with Gasteiger partial charge in [-0.1, -0.05) is 18.2 Å². The van der Waals surface area contributed by atoms with Gasteiger partial charge in [-0.15, -0.1) is 0 Å². The molecular weight excluding hydrogens is 116 g/mol. The van der Waals surface area contributed by atoms with Crippen LogP contribution in [0.25, 0.3) is 0 Å². The monoisotopic (exact) mass is 126 g/mol. The summed E-state index contributed by atoms with van der Waals surface area (Å²) >= 11 is 0. The van der Waals surface area contributed by atoms with Gasteiger partial charge in [0.25, 0.3) is 0 Å². The lowest BCUT2D eigenvalue weighted by Gasteiger charge is -1.88. The summed E-state index contributed by atoms with van der Waals surface area (Å²) in [5.41, 5.74) is -0.0116. The van der Waals surface area contributed by atoms with Gasteiger partial charge in [0.2, 0.25) is 0 Å². The lowest BCUT2D eigenvalue weighted by Crippen LogP contribution is -1.93. The first-order valence-corrected chi connectivity index (χ1v) is 2.41. The highest BCUT2D eigenvalue weighted by atomic mass is 16.4. The summed E-state index contributed by atoms with van der Waals surface area (Å²) in [6.45, 7) is 0. The topological polar surface area (TPSA) is 37.3 Å². The maximum atomic E-state index is 10.3. The molecule has 0 radical (unpaired) electrons. The van der Waals surface area contributed by atoms with Crippen molar-refractivity contribution in [2.24, 2.45) is 0 Å². The molecule has 0 fully saturated rings. The average molecular weight is 126 g/mol. The standard InChI is InChI=1S/C7H6O2/c8-7(9)6-4-2-1-3-5-6/h1-5H,(H,8,9)/i2T,3T. The van der Waals surface area contributed by atoms with Crippen molar-refractivity contribution in [3.63, 3.8) is 0 Å². The maximum absolute atomic E-state index is 10.3. The Balaban J connectivity index is 3.19. The third-order valence-electron chi connectivity index (χ3n) is 0.891. The van der Waals surface area contributed by atoms with Crippen molar-refractivity contribution >= 4 is 5.97 Å². The van der Waals surface area contributed by atoms with Crippen molar-refractivity contribution in [2.75, 3.05) is 0 Å². The first kappa shape index (κ1) is 3.67. The highest BCUT2D eigenvalue weighted by Gasteiger charge is 1.96. The zero-order chi connectivity index (χ0) is 8.43. The smallest absolute Gasteiger partial charge is 0.335 e. The molecule has 0 saturated carbocycles. The predicted molar refractivity (Wildman–Crippen MR) is 33.4 cm³/mol. The number of carbonyl (C=O) groups is 1. The largest absolute Gasteiger partial charge is 0.478 e. The highest BCUT2D eigenvalue weighted by Crippen LogP contribution is 1.96. The second-order valence-electron chi connectivity index (χ2n) is 1.53. The molecule has 0 aliphatic heterocycles. The number of carboxylic acid groups (broad SMARTS) is 1. The van der Waals surface area contributed by atoms with E-state index in [-0.39, 0.29) is 17.6 Å². The van der Waals surface area contributed by atoms with Crippen molar-refractivity contribution in [1.29, 1.82) is 0 Å². The molecule has 1 rings (SSSR count). The SMILES string of the molecule is [3H]c1cc([3H])cc(C(=O)O)c1. The van der Waals surface area contributed by atoms with Gasteiger partial charge in [0.05, 0.1) is 8.30 Å². The zero-order valence-electron chi connectivity index (χ0n) is 6.59. The Morgan fingerprint density at radius 1 is 1.56 bits per heavy atom. The van der Waals surface area contributed by atoms with Crippen LogP contribution in [0.1, 0.15) is 13.1 Å². The molecule has 0 bridgehead atoms. The fraction of sp³-hybridized carbons (Fsp3) is 0. The van der Waals surface area contributed by atoms with Gasteiger partial charge in [-0.2, -0.15) is 0 Å². The van der Waals surface area contributed by atoms with Gasteiger partial charge in [-0.25, -0.2) is 4.79 Å². The third kappa shape index (κ3) is 1.29. The molecule has 2 heteroatoms. The van der Waals surface area contributed by atoms with E-state index in [4.69, 9.17) is 7.85 Å². The van der Waals surface area contributed by atoms with Crippen molar-refractivity contribution in [1.82, 2.24) is 0 Å². The van der Waals surface area contributed by atoms with Gasteiger partial charge in [-0.3, -0.25) is 0 Å². The van der Waals surface area contributed by atoms with Gasteiger partial charge in [0.1, 0.15) is 0 Å². The Bertz CT molecular complexity index is 276. The number of hydrogen-bond acceptors (Lipinski definition) is 1. The highest BCUT2D eigenvalue weighted by molar-refractivity contribution is 5.87. The molecular formula is C7H6O2. The molecule has 0 amide bonds. The average Bonchev–Trinajstić information content (AvgIpc) is 1.85. The lowest BCUT2D eigenvalue weighted by atomic mass is 10.2. The van der Waals surface area contributed by atoms with Crippen LogP contribution in [0, 0.1) is 0 Å². The van der Waals surface area contributed by atoms with E-state index in [0.29, 0.717) is 0 Å². The molecule has 0 heterocycles. The molecule has 0 atom stereocenters. The predicted octanol–water partition coefficient (Wildman–Crippen LogP) is 1.38. The van der Waals surface area contributed by atoms with Gasteiger partial charge in [-0.05, 0) is 12.1 Å². The summed E-state index contributed by atoms with van der Waals surface area (Å²) in [7, 11) is 0. The minimum atomic E-state index is -1.10. The van der Waals surface area contributed by atoms with Crippen LogP contribution in [-0.2, 0) is 0 Å². The number of carboxylic acids is 1. The van der Waals surface area contributed by atoms with E-state index in [1.54, 1.807) is 0 Å². The zero-order valence-corrected chi connectivity index (χ0v) is 4.59. The first-order chi connectivity index (χ1) is 5.09. The van der Waals surface area contributed by atoms with E-state index >= 15 is 0 Å². The van der Waals surface area contributed by atoms with Crippen molar-refractivity contribution in [2.45, 2.75) is 0 Å². The second kappa shape index (κ2) is 2.31. The van der Waals surface area contributed by atoms with Crippen LogP contribution < -0.4 is 0 Å². The summed E-state index contributed by atoms with van der Waals surface area (Å²) in [4.78, 5) is 10.3. The van der Waals surface area contributed by atoms with Crippen molar-refractivity contribution < 1.29 is 12.6 Å². The quantitative estimate of drug-likeness (QED) is 0.617. The van der Waals surface area contributed by atoms with Gasteiger partial charge in [0, 0.05) is 0 Å². The second-order valence-corrected chi connectivity index (χ2v) is 1.53. The molecule has 0 spiro atoms. The van der Waals surface area contributed by atoms with Gasteiger partial charge in [0.15, 0.2) is 0 Å². The minimum absolute atomic E-state index is 0.0116. The number of hydrogen-bond donors (Lipinski definition) is 1. The maximum Gasteiger partial charge on any atom is 0.335 e. The summed E-state index contributed by atoms with van der Waals surface area (Å²) in [5.74, 6) is -1.10. The van der Waals surface area contributed by atoms with Crippen LogP contribution in [0.2, 0.25) is 0 Å². The van der Waals surface area contributed by atoms with Crippen molar-refractivity contribution in [3.8, 4) is 0 Å². The van der Waals surface area contributed by atoms with E-state index in [1.165, 1.54) is 18.2 Å². The number of rotatable bonds is 1. The van der Waals surface area contributed by atoms with Crippen LogP contribution in [0.15, 0.2) is 30.3 Å². The molecule has 2 nitrogen and oxygen atoms in total. The number of aromatic carboxylic acids is 1. The van der Waals surface area contributed by atoms with Crippen LogP contribution in [0.3, 0.4) is 0 Å². The lowest BCUT2D eigenvalue weighted by molar-refractivity contribution is 0.0697. The van der Waals surface area contributed by atoms with E-state index < -0.39 is 5.97 Å². The van der Waals surface area contributed by atoms with E-state index in [9.17, 15) is 4.79 Å². The van der Waals surface area contributed by atoms with Crippen LogP contribution in [0.4, 0.5) is 0 Å². The fourth-order valence-electron chi connectivity index (χ4n) is 0.476. The van der Waals surface area contributed by atoms with E-state index in [0.717, 1.165) is 0 Å². The fourth-order valence-corrected chi connectivity index (χ4v) is 0.476. The first-order valence-electron chi connectivity index (χ1n) is 3.41. The summed E-state index contributed by atoms with van der Waals surface area (Å²) in [6, 6.07) is 3.80. The van der Waals surface area contributed by atoms with Crippen LogP contribution >= 0.6 is 0 Å². The van der Waals surface area contributed by atoms with Gasteiger partial charge < -0.3 is 5.11 Å². The molecule has 0 unspecified atom stereocenters. The number of benzene rings is 1.